The van der Waals surface area contributed by atoms with E-state index in [-0.39, 0.29) is 0 Å². The third kappa shape index (κ3) is 19.2. The van der Waals surface area contributed by atoms with Crippen molar-refractivity contribution >= 4 is 16.8 Å². The molecule has 0 fully saturated rings. The lowest BCUT2D eigenvalue weighted by molar-refractivity contribution is -0.107. The molecule has 0 aromatic heterocycles. The predicted octanol–water partition coefficient (Wildman–Crippen LogP) is 7.12. The molecule has 0 rings (SSSR count). The Morgan fingerprint density at radius 1 is 0.727 bits per heavy atom. The summed E-state index contributed by atoms with van der Waals surface area (Å²) in [5, 5.41) is -0.436. The lowest BCUT2D eigenvalue weighted by atomic mass is 10.1. The van der Waals surface area contributed by atoms with Gasteiger partial charge in [0.2, 0.25) is 5.24 Å². The van der Waals surface area contributed by atoms with Gasteiger partial charge < -0.3 is 0 Å². The Morgan fingerprint density at radius 2 is 1.23 bits per heavy atom. The van der Waals surface area contributed by atoms with Gasteiger partial charge in [0.15, 0.2) is 0 Å². The summed E-state index contributed by atoms with van der Waals surface area (Å²) in [6.45, 7) is 2.27. The highest BCUT2D eigenvalue weighted by atomic mass is 35.5. The molecule has 0 aliphatic heterocycles. The van der Waals surface area contributed by atoms with Crippen LogP contribution in [0.5, 0.6) is 0 Å². The Hall–Kier alpha value is -0.820. The molecule has 0 saturated carbocycles. The molecule has 0 amide bonds. The number of carbonyl (C=O) groups excluding carboxylic acids is 1. The van der Waals surface area contributed by atoms with E-state index < -0.39 is 5.24 Å². The summed E-state index contributed by atoms with van der Waals surface area (Å²) in [4.78, 5) is 10.4. The van der Waals surface area contributed by atoms with Crippen LogP contribution >= 0.6 is 11.6 Å². The lowest BCUT2D eigenvalue weighted by Gasteiger charge is -2.01. The Kier molecular flexibility index (Phi) is 17.6. The first-order valence-electron chi connectivity index (χ1n) is 8.96. The third-order valence-electron chi connectivity index (χ3n) is 3.67. The van der Waals surface area contributed by atoms with Crippen molar-refractivity contribution in [2.24, 2.45) is 0 Å². The highest BCUT2D eigenvalue weighted by Gasteiger charge is 1.92. The molecule has 22 heavy (non-hydrogen) atoms. The van der Waals surface area contributed by atoms with Gasteiger partial charge in [-0.3, -0.25) is 4.79 Å². The van der Waals surface area contributed by atoms with Gasteiger partial charge in [0.25, 0.3) is 0 Å². The molecule has 126 valence electrons. The van der Waals surface area contributed by atoms with Crippen LogP contribution in [0.15, 0.2) is 36.5 Å². The van der Waals surface area contributed by atoms with Crippen LogP contribution in [0.25, 0.3) is 0 Å². The van der Waals surface area contributed by atoms with Gasteiger partial charge >= 0.3 is 0 Å². The van der Waals surface area contributed by atoms with Crippen LogP contribution in [-0.4, -0.2) is 5.24 Å². The zero-order valence-electron chi connectivity index (χ0n) is 14.2. The second-order valence-corrected chi connectivity index (χ2v) is 6.17. The molecule has 0 saturated heterocycles. The van der Waals surface area contributed by atoms with Gasteiger partial charge in [0, 0.05) is 0 Å². The fraction of sp³-hybridized carbons (Fsp3) is 0.650. The Morgan fingerprint density at radius 3 is 1.77 bits per heavy atom. The van der Waals surface area contributed by atoms with Crippen molar-refractivity contribution in [3.05, 3.63) is 36.5 Å². The molecule has 0 radical (unpaired) electrons. The third-order valence-corrected chi connectivity index (χ3v) is 3.80. The average Bonchev–Trinajstić information content (AvgIpc) is 2.50. The quantitative estimate of drug-likeness (QED) is 0.136. The molecule has 0 atom stereocenters. The van der Waals surface area contributed by atoms with E-state index in [1.165, 1.54) is 76.7 Å². The van der Waals surface area contributed by atoms with Gasteiger partial charge in [-0.25, -0.2) is 0 Å². The summed E-state index contributed by atoms with van der Waals surface area (Å²) in [6.07, 6.45) is 27.3. The van der Waals surface area contributed by atoms with Crippen molar-refractivity contribution in [3.8, 4) is 0 Å². The highest BCUT2D eigenvalue weighted by Crippen LogP contribution is 2.11. The number of carbonyl (C=O) groups is 1. The van der Waals surface area contributed by atoms with Gasteiger partial charge in [-0.15, -0.1) is 0 Å². The van der Waals surface area contributed by atoms with E-state index in [4.69, 9.17) is 11.6 Å². The summed E-state index contributed by atoms with van der Waals surface area (Å²) < 4.78 is 0. The van der Waals surface area contributed by atoms with E-state index in [0.717, 1.165) is 6.42 Å². The van der Waals surface area contributed by atoms with E-state index >= 15 is 0 Å². The first-order chi connectivity index (χ1) is 10.8. The molecule has 0 heterocycles. The summed E-state index contributed by atoms with van der Waals surface area (Å²) in [5.41, 5.74) is 0. The van der Waals surface area contributed by atoms with Crippen LogP contribution in [0, 0.1) is 0 Å². The zero-order chi connectivity index (χ0) is 16.3. The molecule has 0 aliphatic rings. The molecule has 2 heteroatoms. The first-order valence-corrected chi connectivity index (χ1v) is 9.34. The number of hydrogen-bond acceptors (Lipinski definition) is 1. The van der Waals surface area contributed by atoms with Crippen LogP contribution in [0.3, 0.4) is 0 Å². The zero-order valence-corrected chi connectivity index (χ0v) is 15.0. The van der Waals surface area contributed by atoms with E-state index in [1.54, 1.807) is 6.08 Å². The van der Waals surface area contributed by atoms with Crippen LogP contribution in [0.1, 0.15) is 84.0 Å². The topological polar surface area (TPSA) is 17.1 Å². The molecule has 1 nitrogen and oxygen atoms in total. The number of allylic oxidation sites excluding steroid dienone is 6. The van der Waals surface area contributed by atoms with Gasteiger partial charge in [0.1, 0.15) is 0 Å². The van der Waals surface area contributed by atoms with Gasteiger partial charge in [-0.2, -0.15) is 0 Å². The summed E-state index contributed by atoms with van der Waals surface area (Å²) in [6, 6.07) is 0. The SMILES string of the molecule is CCCCCCCCCCCCC/C=C/C=C/C=C/C(=O)Cl. The Balaban J connectivity index is 3.21. The highest BCUT2D eigenvalue weighted by molar-refractivity contribution is 6.66. The maximum absolute atomic E-state index is 10.4. The number of hydrogen-bond donors (Lipinski definition) is 0. The fourth-order valence-electron chi connectivity index (χ4n) is 2.36. The number of rotatable bonds is 15. The average molecular weight is 325 g/mol. The molecule has 0 aromatic carbocycles. The van der Waals surface area contributed by atoms with Crippen LogP contribution < -0.4 is 0 Å². The minimum atomic E-state index is -0.436. The second-order valence-electron chi connectivity index (χ2n) is 5.80. The van der Waals surface area contributed by atoms with Crippen LogP contribution in [0.2, 0.25) is 0 Å². The lowest BCUT2D eigenvalue weighted by Crippen LogP contribution is -1.81. The molecule has 0 spiro atoms. The van der Waals surface area contributed by atoms with E-state index in [1.807, 2.05) is 18.2 Å². The summed E-state index contributed by atoms with van der Waals surface area (Å²) in [5.74, 6) is 0. The normalized spacial score (nSPS) is 12.1. The predicted molar refractivity (Wildman–Crippen MR) is 99.4 cm³/mol. The van der Waals surface area contributed by atoms with Crippen LogP contribution in [-0.2, 0) is 4.79 Å². The maximum atomic E-state index is 10.4. The molecule has 0 aromatic rings. The largest absolute Gasteiger partial charge is 0.276 e. The minimum Gasteiger partial charge on any atom is -0.276 e. The van der Waals surface area contributed by atoms with Crippen molar-refractivity contribution in [2.45, 2.75) is 84.0 Å². The van der Waals surface area contributed by atoms with E-state index in [0.29, 0.717) is 0 Å². The van der Waals surface area contributed by atoms with Crippen molar-refractivity contribution in [2.75, 3.05) is 0 Å². The van der Waals surface area contributed by atoms with Crippen molar-refractivity contribution in [1.29, 1.82) is 0 Å². The van der Waals surface area contributed by atoms with Crippen molar-refractivity contribution < 1.29 is 4.79 Å². The van der Waals surface area contributed by atoms with E-state index in [2.05, 4.69) is 13.0 Å². The van der Waals surface area contributed by atoms with Crippen LogP contribution in [0.4, 0.5) is 0 Å². The maximum Gasteiger partial charge on any atom is 0.245 e. The summed E-state index contributed by atoms with van der Waals surface area (Å²) in [7, 11) is 0. The fourth-order valence-corrected chi connectivity index (χ4v) is 2.43. The Bertz CT molecular complexity index is 329. The molecular formula is C20H33ClO. The van der Waals surface area contributed by atoms with E-state index in [9.17, 15) is 4.79 Å². The van der Waals surface area contributed by atoms with Gasteiger partial charge in [0.05, 0.1) is 0 Å². The number of halogens is 1. The molecule has 0 aliphatic carbocycles. The number of unbranched alkanes of at least 4 members (excludes halogenated alkanes) is 11. The molecule has 0 N–H and O–H groups in total. The standard InChI is InChI=1S/C20H33ClO/c1-2-3-4-5-6-7-8-9-10-11-12-13-14-15-16-17-18-19-20(21)22/h14-19H,2-13H2,1H3/b15-14+,17-16+,19-18+. The van der Waals surface area contributed by atoms with Gasteiger partial charge in [-0.1, -0.05) is 102 Å². The van der Waals surface area contributed by atoms with Crippen molar-refractivity contribution in [3.63, 3.8) is 0 Å². The Labute approximate surface area is 142 Å². The second kappa shape index (κ2) is 18.2. The minimum absolute atomic E-state index is 0.436. The first kappa shape index (κ1) is 21.2. The summed E-state index contributed by atoms with van der Waals surface area (Å²) >= 11 is 5.17. The van der Waals surface area contributed by atoms with Gasteiger partial charge in [-0.05, 0) is 30.5 Å². The monoisotopic (exact) mass is 324 g/mol. The molecule has 0 unspecified atom stereocenters. The smallest absolute Gasteiger partial charge is 0.245 e. The van der Waals surface area contributed by atoms with Crippen molar-refractivity contribution in [1.82, 2.24) is 0 Å². The molecule has 0 bridgehead atoms. The molecular weight excluding hydrogens is 292 g/mol.